The maximum Gasteiger partial charge on any atom is 0.0606 e. The Balaban J connectivity index is 1.96. The Bertz CT molecular complexity index is 537. The van der Waals surface area contributed by atoms with Crippen LogP contribution in [0.4, 0.5) is 5.69 Å². The zero-order valence-electron chi connectivity index (χ0n) is 13.6. The molecular weight excluding hydrogens is 292 g/mol. The van der Waals surface area contributed by atoms with Gasteiger partial charge in [-0.2, -0.15) is 0 Å². The molecule has 1 heterocycles. The lowest BCUT2D eigenvalue weighted by molar-refractivity contribution is 0.304. The fourth-order valence-corrected chi connectivity index (χ4v) is 3.48. The van der Waals surface area contributed by atoms with Crippen molar-refractivity contribution in [1.82, 2.24) is 5.32 Å². The van der Waals surface area contributed by atoms with E-state index in [1.54, 1.807) is 0 Å². The molecular formula is C18H26N2OS. The molecule has 120 valence electrons. The van der Waals surface area contributed by atoms with Crippen LogP contribution in [0.25, 0.3) is 0 Å². The minimum atomic E-state index is 0.177. The number of nitrogens with one attached hydrogen (secondary N) is 1. The molecule has 4 heteroatoms. The van der Waals surface area contributed by atoms with E-state index < -0.39 is 0 Å². The van der Waals surface area contributed by atoms with Gasteiger partial charge in [0.25, 0.3) is 0 Å². The normalized spacial score (nSPS) is 12.6. The molecule has 2 rings (SSSR count). The minimum Gasteiger partial charge on any atom is -0.395 e. The molecule has 0 aliphatic heterocycles. The van der Waals surface area contributed by atoms with Gasteiger partial charge in [0.2, 0.25) is 0 Å². The summed E-state index contributed by atoms with van der Waals surface area (Å²) in [6.07, 6.45) is 0. The number of hydrogen-bond donors (Lipinski definition) is 2. The molecule has 22 heavy (non-hydrogen) atoms. The van der Waals surface area contributed by atoms with E-state index in [1.165, 1.54) is 10.4 Å². The van der Waals surface area contributed by atoms with Gasteiger partial charge < -0.3 is 15.3 Å². The number of likely N-dealkylation sites (N-methyl/N-ethyl adjacent to an activating group) is 1. The van der Waals surface area contributed by atoms with Gasteiger partial charge in [-0.3, -0.25) is 0 Å². The number of anilines is 1. The van der Waals surface area contributed by atoms with Crippen molar-refractivity contribution in [2.75, 3.05) is 25.1 Å². The summed E-state index contributed by atoms with van der Waals surface area (Å²) in [6.45, 7) is 6.21. The summed E-state index contributed by atoms with van der Waals surface area (Å²) in [7, 11) is 2.00. The second-order valence-corrected chi connectivity index (χ2v) is 6.91. The predicted molar refractivity (Wildman–Crippen MR) is 95.5 cm³/mol. The van der Waals surface area contributed by atoms with Crippen molar-refractivity contribution in [3.05, 3.63) is 52.2 Å². The van der Waals surface area contributed by atoms with E-state index in [0.717, 1.165) is 12.2 Å². The van der Waals surface area contributed by atoms with E-state index in [0.29, 0.717) is 18.5 Å². The Labute approximate surface area is 137 Å². The Kier molecular flexibility index (Phi) is 6.43. The van der Waals surface area contributed by atoms with Crippen molar-refractivity contribution >= 4 is 17.0 Å². The van der Waals surface area contributed by atoms with Gasteiger partial charge in [0.1, 0.15) is 0 Å². The number of benzene rings is 1. The molecule has 0 saturated carbocycles. The molecule has 1 aromatic carbocycles. The van der Waals surface area contributed by atoms with E-state index in [9.17, 15) is 0 Å². The average molecular weight is 318 g/mol. The van der Waals surface area contributed by atoms with E-state index in [4.69, 9.17) is 5.11 Å². The molecule has 0 radical (unpaired) electrons. The summed E-state index contributed by atoms with van der Waals surface area (Å²) in [6, 6.07) is 13.3. The van der Waals surface area contributed by atoms with Crippen molar-refractivity contribution in [2.45, 2.75) is 26.4 Å². The number of rotatable bonds is 8. The largest absolute Gasteiger partial charge is 0.395 e. The molecule has 0 spiro atoms. The lowest BCUT2D eigenvalue weighted by Gasteiger charge is -2.22. The van der Waals surface area contributed by atoms with E-state index in [2.05, 4.69) is 65.8 Å². The van der Waals surface area contributed by atoms with Crippen LogP contribution < -0.4 is 10.2 Å². The van der Waals surface area contributed by atoms with Gasteiger partial charge in [-0.25, -0.2) is 0 Å². The van der Waals surface area contributed by atoms with Crippen molar-refractivity contribution in [3.63, 3.8) is 0 Å². The SMILES string of the molecule is CC(C)[C@H](NCc1ccc(N(C)CCO)cc1)c1cccs1. The van der Waals surface area contributed by atoms with Crippen LogP contribution in [0.15, 0.2) is 41.8 Å². The zero-order valence-corrected chi connectivity index (χ0v) is 14.4. The quantitative estimate of drug-likeness (QED) is 0.779. The van der Waals surface area contributed by atoms with Crippen LogP contribution in [0.3, 0.4) is 0 Å². The smallest absolute Gasteiger partial charge is 0.0606 e. The average Bonchev–Trinajstić information content (AvgIpc) is 3.02. The molecule has 0 aliphatic rings. The molecule has 1 atom stereocenters. The van der Waals surface area contributed by atoms with Gasteiger partial charge in [0, 0.05) is 36.7 Å². The van der Waals surface area contributed by atoms with Crippen LogP contribution in [0.1, 0.15) is 30.3 Å². The maximum absolute atomic E-state index is 8.99. The fraction of sp³-hybridized carbons (Fsp3) is 0.444. The van der Waals surface area contributed by atoms with Gasteiger partial charge in [-0.05, 0) is 35.1 Å². The van der Waals surface area contributed by atoms with Crippen molar-refractivity contribution in [3.8, 4) is 0 Å². The van der Waals surface area contributed by atoms with Crippen LogP contribution in [-0.4, -0.2) is 25.3 Å². The fourth-order valence-electron chi connectivity index (χ4n) is 2.51. The lowest BCUT2D eigenvalue weighted by Crippen LogP contribution is -2.24. The van der Waals surface area contributed by atoms with Crippen molar-refractivity contribution in [1.29, 1.82) is 0 Å². The molecule has 0 saturated heterocycles. The summed E-state index contributed by atoms with van der Waals surface area (Å²) in [4.78, 5) is 3.45. The highest BCUT2D eigenvalue weighted by molar-refractivity contribution is 7.10. The summed E-state index contributed by atoms with van der Waals surface area (Å²) >= 11 is 1.81. The molecule has 0 unspecified atom stereocenters. The third-order valence-electron chi connectivity index (χ3n) is 3.85. The van der Waals surface area contributed by atoms with Crippen molar-refractivity contribution in [2.24, 2.45) is 5.92 Å². The first-order chi connectivity index (χ1) is 10.6. The molecule has 1 aromatic heterocycles. The molecule has 0 aliphatic carbocycles. The highest BCUT2D eigenvalue weighted by Gasteiger charge is 2.15. The van der Waals surface area contributed by atoms with Gasteiger partial charge in [0.15, 0.2) is 0 Å². The third-order valence-corrected chi connectivity index (χ3v) is 4.81. The second-order valence-electron chi connectivity index (χ2n) is 5.93. The number of aliphatic hydroxyl groups is 1. The first-order valence-electron chi connectivity index (χ1n) is 7.79. The number of hydrogen-bond acceptors (Lipinski definition) is 4. The van der Waals surface area contributed by atoms with Crippen LogP contribution in [0.5, 0.6) is 0 Å². The minimum absolute atomic E-state index is 0.177. The summed E-state index contributed by atoms with van der Waals surface area (Å²) in [5.74, 6) is 0.564. The predicted octanol–water partition coefficient (Wildman–Crippen LogP) is 3.66. The monoisotopic (exact) mass is 318 g/mol. The topological polar surface area (TPSA) is 35.5 Å². The highest BCUT2D eigenvalue weighted by atomic mass is 32.1. The van der Waals surface area contributed by atoms with Crippen LogP contribution in [0.2, 0.25) is 0 Å². The Morgan fingerprint density at radius 1 is 1.18 bits per heavy atom. The number of nitrogens with zero attached hydrogens (tertiary/aromatic N) is 1. The maximum atomic E-state index is 8.99. The third kappa shape index (κ3) is 4.57. The molecule has 0 amide bonds. The van der Waals surface area contributed by atoms with Crippen molar-refractivity contribution < 1.29 is 5.11 Å². The van der Waals surface area contributed by atoms with E-state index in [-0.39, 0.29) is 6.61 Å². The van der Waals surface area contributed by atoms with Gasteiger partial charge >= 0.3 is 0 Å². The molecule has 2 aromatic rings. The number of aliphatic hydroxyl groups excluding tert-OH is 1. The standard InChI is InChI=1S/C18H26N2OS/c1-14(2)18(17-5-4-12-22-17)19-13-15-6-8-16(9-7-15)20(3)10-11-21/h4-9,12,14,18-19,21H,10-11,13H2,1-3H3/t18-/m0/s1. The molecule has 2 N–H and O–H groups in total. The zero-order chi connectivity index (χ0) is 15.9. The van der Waals surface area contributed by atoms with E-state index in [1.807, 2.05) is 18.4 Å². The Morgan fingerprint density at radius 2 is 1.91 bits per heavy atom. The molecule has 0 fully saturated rings. The van der Waals surface area contributed by atoms with Gasteiger partial charge in [-0.15, -0.1) is 11.3 Å². The van der Waals surface area contributed by atoms with Crippen LogP contribution >= 0.6 is 11.3 Å². The molecule has 0 bridgehead atoms. The highest BCUT2D eigenvalue weighted by Crippen LogP contribution is 2.26. The number of thiophene rings is 1. The first kappa shape index (κ1) is 17.0. The lowest BCUT2D eigenvalue weighted by atomic mass is 10.0. The van der Waals surface area contributed by atoms with Crippen LogP contribution in [-0.2, 0) is 6.54 Å². The van der Waals surface area contributed by atoms with Gasteiger partial charge in [-0.1, -0.05) is 32.0 Å². The van der Waals surface area contributed by atoms with Gasteiger partial charge in [0.05, 0.1) is 6.61 Å². The first-order valence-corrected chi connectivity index (χ1v) is 8.67. The Hall–Kier alpha value is -1.36. The Morgan fingerprint density at radius 3 is 2.45 bits per heavy atom. The second kappa shape index (κ2) is 8.32. The van der Waals surface area contributed by atoms with Crippen LogP contribution in [0, 0.1) is 5.92 Å². The summed E-state index contributed by atoms with van der Waals surface area (Å²) in [5.41, 5.74) is 2.42. The summed E-state index contributed by atoms with van der Waals surface area (Å²) < 4.78 is 0. The molecule has 3 nitrogen and oxygen atoms in total. The van der Waals surface area contributed by atoms with E-state index >= 15 is 0 Å². The summed E-state index contributed by atoms with van der Waals surface area (Å²) in [5, 5.41) is 14.8.